The molecule has 0 unspecified atom stereocenters. The summed E-state index contributed by atoms with van der Waals surface area (Å²) in [5.41, 5.74) is 1.32. The Balaban J connectivity index is 2.08. The molecule has 1 aromatic rings. The lowest BCUT2D eigenvalue weighted by atomic mass is 10.1. The van der Waals surface area contributed by atoms with Gasteiger partial charge in [0.15, 0.2) is 0 Å². The van der Waals surface area contributed by atoms with Crippen LogP contribution in [0, 0.1) is 0 Å². The van der Waals surface area contributed by atoms with Crippen molar-refractivity contribution < 1.29 is 0 Å². The average Bonchev–Trinajstić information content (AvgIpc) is 2.94. The molecule has 0 radical (unpaired) electrons. The molecule has 1 saturated carbocycles. The van der Waals surface area contributed by atoms with Gasteiger partial charge in [0.2, 0.25) is 0 Å². The fourth-order valence-corrected chi connectivity index (χ4v) is 3.74. The van der Waals surface area contributed by atoms with Crippen LogP contribution < -0.4 is 5.32 Å². The summed E-state index contributed by atoms with van der Waals surface area (Å²) in [6.07, 6.45) is 6.57. The molecule has 0 aliphatic heterocycles. The third-order valence-electron chi connectivity index (χ3n) is 3.50. The second-order valence-corrected chi connectivity index (χ2v) is 6.41. The molecule has 3 heteroatoms. The van der Waals surface area contributed by atoms with Gasteiger partial charge in [-0.3, -0.25) is 0 Å². The Morgan fingerprint density at radius 1 is 1.35 bits per heavy atom. The van der Waals surface area contributed by atoms with Gasteiger partial charge in [0.05, 0.1) is 10.7 Å². The van der Waals surface area contributed by atoms with Crippen molar-refractivity contribution in [3.05, 3.63) is 15.6 Å². The number of nitrogens with one attached hydrogen (secondary N) is 1. The maximum absolute atomic E-state index is 4.87. The second-order valence-electron chi connectivity index (χ2n) is 5.29. The molecule has 1 aliphatic carbocycles. The summed E-state index contributed by atoms with van der Waals surface area (Å²) < 4.78 is 0. The zero-order valence-corrected chi connectivity index (χ0v) is 12.1. The molecule has 0 spiro atoms. The van der Waals surface area contributed by atoms with Gasteiger partial charge in [-0.05, 0) is 19.3 Å². The average molecular weight is 252 g/mol. The van der Waals surface area contributed by atoms with Gasteiger partial charge in [0, 0.05) is 23.4 Å². The van der Waals surface area contributed by atoms with Crippen LogP contribution in [0.25, 0.3) is 0 Å². The highest BCUT2D eigenvalue weighted by Gasteiger charge is 2.22. The largest absolute Gasteiger partial charge is 0.310 e. The predicted molar refractivity (Wildman–Crippen MR) is 74.7 cm³/mol. The summed E-state index contributed by atoms with van der Waals surface area (Å²) in [7, 11) is 0. The van der Waals surface area contributed by atoms with E-state index in [-0.39, 0.29) is 0 Å². The standard InChI is InChI=1S/C14H24N2S/c1-4-12-13(9-15-10(2)3)17-14(16-12)11-7-5-6-8-11/h10-11,15H,4-9H2,1-3H3. The normalized spacial score (nSPS) is 17.2. The zero-order chi connectivity index (χ0) is 12.3. The molecule has 0 atom stereocenters. The molecule has 1 fully saturated rings. The minimum Gasteiger partial charge on any atom is -0.310 e. The smallest absolute Gasteiger partial charge is 0.0962 e. The molecule has 1 aliphatic rings. The summed E-state index contributed by atoms with van der Waals surface area (Å²) in [6.45, 7) is 7.60. The lowest BCUT2D eigenvalue weighted by Crippen LogP contribution is -2.21. The Morgan fingerprint density at radius 3 is 2.65 bits per heavy atom. The fraction of sp³-hybridized carbons (Fsp3) is 0.786. The van der Waals surface area contributed by atoms with E-state index in [1.165, 1.54) is 41.3 Å². The molecule has 1 heterocycles. The predicted octanol–water partition coefficient (Wildman–Crippen LogP) is 3.86. The van der Waals surface area contributed by atoms with E-state index in [4.69, 9.17) is 4.98 Å². The van der Waals surface area contributed by atoms with Gasteiger partial charge in [-0.2, -0.15) is 0 Å². The molecule has 96 valence electrons. The van der Waals surface area contributed by atoms with Gasteiger partial charge >= 0.3 is 0 Å². The van der Waals surface area contributed by atoms with E-state index in [1.807, 2.05) is 11.3 Å². The number of thiazole rings is 1. The Labute approximate surface area is 109 Å². The SMILES string of the molecule is CCc1nc(C2CCCC2)sc1CNC(C)C. The van der Waals surface area contributed by atoms with Crippen molar-refractivity contribution in [2.45, 2.75) is 71.4 Å². The fourth-order valence-electron chi connectivity index (χ4n) is 2.46. The molecule has 0 bridgehead atoms. The van der Waals surface area contributed by atoms with Crippen LogP contribution in [0.1, 0.15) is 68.0 Å². The number of rotatable bonds is 5. The highest BCUT2D eigenvalue weighted by atomic mass is 32.1. The molecular weight excluding hydrogens is 228 g/mol. The molecule has 0 amide bonds. The van der Waals surface area contributed by atoms with Crippen molar-refractivity contribution in [2.24, 2.45) is 0 Å². The first-order chi connectivity index (χ1) is 8.20. The quantitative estimate of drug-likeness (QED) is 0.860. The van der Waals surface area contributed by atoms with Crippen LogP contribution in [0.4, 0.5) is 0 Å². The van der Waals surface area contributed by atoms with Gasteiger partial charge in [-0.25, -0.2) is 4.98 Å². The van der Waals surface area contributed by atoms with Crippen LogP contribution >= 0.6 is 11.3 Å². The second kappa shape index (κ2) is 5.96. The third-order valence-corrected chi connectivity index (χ3v) is 4.77. The van der Waals surface area contributed by atoms with Crippen LogP contribution in [-0.4, -0.2) is 11.0 Å². The minimum absolute atomic E-state index is 0.553. The lowest BCUT2D eigenvalue weighted by molar-refractivity contribution is 0.590. The van der Waals surface area contributed by atoms with Gasteiger partial charge < -0.3 is 5.32 Å². The summed E-state index contributed by atoms with van der Waals surface area (Å²) in [5, 5.41) is 4.91. The molecule has 17 heavy (non-hydrogen) atoms. The first-order valence-electron chi connectivity index (χ1n) is 6.92. The van der Waals surface area contributed by atoms with E-state index in [0.717, 1.165) is 18.9 Å². The summed E-state index contributed by atoms with van der Waals surface area (Å²) in [6, 6.07) is 0.553. The topological polar surface area (TPSA) is 24.9 Å². The molecular formula is C14H24N2S. The van der Waals surface area contributed by atoms with Crippen molar-refractivity contribution in [3.63, 3.8) is 0 Å². The maximum Gasteiger partial charge on any atom is 0.0962 e. The van der Waals surface area contributed by atoms with E-state index >= 15 is 0 Å². The van der Waals surface area contributed by atoms with Crippen LogP contribution in [-0.2, 0) is 13.0 Å². The Morgan fingerprint density at radius 2 is 2.06 bits per heavy atom. The summed E-state index contributed by atoms with van der Waals surface area (Å²) in [4.78, 5) is 6.33. The van der Waals surface area contributed by atoms with Crippen LogP contribution in [0.3, 0.4) is 0 Å². The van der Waals surface area contributed by atoms with E-state index < -0.39 is 0 Å². The van der Waals surface area contributed by atoms with Gasteiger partial charge in [-0.1, -0.05) is 33.6 Å². The number of nitrogens with zero attached hydrogens (tertiary/aromatic N) is 1. The van der Waals surface area contributed by atoms with Crippen LogP contribution in [0.5, 0.6) is 0 Å². The molecule has 2 rings (SSSR count). The van der Waals surface area contributed by atoms with Crippen molar-refractivity contribution >= 4 is 11.3 Å². The first-order valence-corrected chi connectivity index (χ1v) is 7.74. The Hall–Kier alpha value is -0.410. The summed E-state index contributed by atoms with van der Waals surface area (Å²) >= 11 is 1.95. The highest BCUT2D eigenvalue weighted by molar-refractivity contribution is 7.11. The Bertz CT molecular complexity index is 351. The molecule has 2 nitrogen and oxygen atoms in total. The monoisotopic (exact) mass is 252 g/mol. The van der Waals surface area contributed by atoms with Crippen molar-refractivity contribution in [3.8, 4) is 0 Å². The molecule has 1 N–H and O–H groups in total. The van der Waals surface area contributed by atoms with Gasteiger partial charge in [-0.15, -0.1) is 11.3 Å². The lowest BCUT2D eigenvalue weighted by Gasteiger charge is -2.06. The van der Waals surface area contributed by atoms with Crippen molar-refractivity contribution in [1.29, 1.82) is 0 Å². The van der Waals surface area contributed by atoms with Gasteiger partial charge in [0.1, 0.15) is 0 Å². The number of aromatic nitrogens is 1. The summed E-state index contributed by atoms with van der Waals surface area (Å²) in [5.74, 6) is 0.762. The van der Waals surface area contributed by atoms with Gasteiger partial charge in [0.25, 0.3) is 0 Å². The maximum atomic E-state index is 4.87. The highest BCUT2D eigenvalue weighted by Crippen LogP contribution is 2.37. The van der Waals surface area contributed by atoms with Crippen molar-refractivity contribution in [1.82, 2.24) is 10.3 Å². The zero-order valence-electron chi connectivity index (χ0n) is 11.3. The Kier molecular flexibility index (Phi) is 4.57. The molecule has 1 aromatic heterocycles. The van der Waals surface area contributed by atoms with E-state index in [0.29, 0.717) is 6.04 Å². The van der Waals surface area contributed by atoms with E-state index in [1.54, 1.807) is 0 Å². The number of hydrogen-bond acceptors (Lipinski definition) is 3. The number of hydrogen-bond donors (Lipinski definition) is 1. The first kappa shape index (κ1) is 13.0. The molecule has 0 saturated heterocycles. The van der Waals surface area contributed by atoms with Crippen LogP contribution in [0.2, 0.25) is 0 Å². The number of aryl methyl sites for hydroxylation is 1. The minimum atomic E-state index is 0.553. The van der Waals surface area contributed by atoms with Crippen molar-refractivity contribution in [2.75, 3.05) is 0 Å². The third kappa shape index (κ3) is 3.29. The van der Waals surface area contributed by atoms with Crippen LogP contribution in [0.15, 0.2) is 0 Å². The van der Waals surface area contributed by atoms with E-state index in [9.17, 15) is 0 Å². The molecule has 0 aromatic carbocycles. The van der Waals surface area contributed by atoms with E-state index in [2.05, 4.69) is 26.1 Å².